The molecule has 152 valence electrons. The molecule has 0 saturated heterocycles. The minimum Gasteiger partial charge on any atom is -0.350 e. The number of benzene rings is 1. The van der Waals surface area contributed by atoms with Crippen LogP contribution in [0.3, 0.4) is 0 Å². The van der Waals surface area contributed by atoms with E-state index in [0.717, 1.165) is 17.0 Å². The summed E-state index contributed by atoms with van der Waals surface area (Å²) in [5.74, 6) is -0.198. The number of rotatable bonds is 7. The van der Waals surface area contributed by atoms with Gasteiger partial charge in [-0.05, 0) is 51.5 Å². The van der Waals surface area contributed by atoms with Crippen molar-refractivity contribution in [3.63, 3.8) is 0 Å². The number of carbonyl (C=O) groups is 1. The number of hydrogen-bond donors (Lipinski definition) is 1. The lowest BCUT2D eigenvalue weighted by atomic mass is 10.1. The van der Waals surface area contributed by atoms with Crippen LogP contribution in [0.15, 0.2) is 30.3 Å². The standard InChI is InChI=1S/C20H24N6O3/c1-13-10-14(2)25(22-13)12-17-6-5-7-18(11-17)20(27)21-8-9-24-16(4)19(26(28)29)15(3)23-24/h5-7,10-11H,8-9,12H2,1-4H3,(H,21,27). The minimum atomic E-state index is -0.430. The van der Waals surface area contributed by atoms with Crippen molar-refractivity contribution in [1.82, 2.24) is 24.9 Å². The van der Waals surface area contributed by atoms with Crippen molar-refractivity contribution in [2.75, 3.05) is 6.54 Å². The molecule has 3 rings (SSSR count). The fourth-order valence-electron chi connectivity index (χ4n) is 3.37. The van der Waals surface area contributed by atoms with E-state index in [0.29, 0.717) is 36.6 Å². The lowest BCUT2D eigenvalue weighted by Gasteiger charge is -2.09. The van der Waals surface area contributed by atoms with Crippen LogP contribution in [-0.2, 0) is 13.1 Å². The van der Waals surface area contributed by atoms with E-state index in [4.69, 9.17) is 0 Å². The Balaban J connectivity index is 1.62. The van der Waals surface area contributed by atoms with Crippen LogP contribution in [0, 0.1) is 37.8 Å². The fraction of sp³-hybridized carbons (Fsp3) is 0.350. The summed E-state index contributed by atoms with van der Waals surface area (Å²) in [5, 5.41) is 22.6. The topological polar surface area (TPSA) is 108 Å². The second-order valence-electron chi connectivity index (χ2n) is 7.04. The van der Waals surface area contributed by atoms with Crippen LogP contribution in [0.4, 0.5) is 5.69 Å². The first-order chi connectivity index (χ1) is 13.8. The monoisotopic (exact) mass is 396 g/mol. The summed E-state index contributed by atoms with van der Waals surface area (Å²) in [4.78, 5) is 23.2. The van der Waals surface area contributed by atoms with Crippen LogP contribution >= 0.6 is 0 Å². The van der Waals surface area contributed by atoms with Gasteiger partial charge < -0.3 is 5.32 Å². The second-order valence-corrected chi connectivity index (χ2v) is 7.04. The Hall–Kier alpha value is -3.49. The Bertz CT molecular complexity index is 1070. The zero-order valence-electron chi connectivity index (χ0n) is 17.0. The number of aromatic nitrogens is 4. The van der Waals surface area contributed by atoms with Gasteiger partial charge in [-0.25, -0.2) is 0 Å². The van der Waals surface area contributed by atoms with Gasteiger partial charge in [0.2, 0.25) is 0 Å². The predicted molar refractivity (Wildman–Crippen MR) is 108 cm³/mol. The molecule has 0 fully saturated rings. The molecule has 0 aliphatic heterocycles. The number of amides is 1. The van der Waals surface area contributed by atoms with E-state index in [9.17, 15) is 14.9 Å². The summed E-state index contributed by atoms with van der Waals surface area (Å²) < 4.78 is 3.45. The average molecular weight is 396 g/mol. The van der Waals surface area contributed by atoms with Crippen molar-refractivity contribution in [1.29, 1.82) is 0 Å². The summed E-state index contributed by atoms with van der Waals surface area (Å²) >= 11 is 0. The molecule has 9 nitrogen and oxygen atoms in total. The molecular formula is C20H24N6O3. The molecule has 1 N–H and O–H groups in total. The van der Waals surface area contributed by atoms with Crippen LogP contribution in [0.1, 0.15) is 38.7 Å². The van der Waals surface area contributed by atoms with Crippen molar-refractivity contribution in [3.05, 3.63) is 74.3 Å². The van der Waals surface area contributed by atoms with Crippen molar-refractivity contribution >= 4 is 11.6 Å². The fourth-order valence-corrected chi connectivity index (χ4v) is 3.37. The summed E-state index contributed by atoms with van der Waals surface area (Å²) in [5.41, 5.74) is 4.44. The van der Waals surface area contributed by atoms with Crippen LogP contribution in [0.5, 0.6) is 0 Å². The zero-order valence-corrected chi connectivity index (χ0v) is 17.0. The molecular weight excluding hydrogens is 372 g/mol. The number of hydrogen-bond acceptors (Lipinski definition) is 5. The third-order valence-electron chi connectivity index (χ3n) is 4.76. The van der Waals surface area contributed by atoms with Crippen LogP contribution in [0.2, 0.25) is 0 Å². The van der Waals surface area contributed by atoms with Gasteiger partial charge in [-0.1, -0.05) is 12.1 Å². The third-order valence-corrected chi connectivity index (χ3v) is 4.76. The second kappa shape index (κ2) is 8.26. The number of nitro groups is 1. The summed E-state index contributed by atoms with van der Waals surface area (Å²) in [6.07, 6.45) is 0. The largest absolute Gasteiger partial charge is 0.350 e. The molecule has 3 aromatic rings. The van der Waals surface area contributed by atoms with Gasteiger partial charge in [0, 0.05) is 17.8 Å². The van der Waals surface area contributed by atoms with Gasteiger partial charge in [0.1, 0.15) is 11.4 Å². The molecule has 0 aliphatic carbocycles. The highest BCUT2D eigenvalue weighted by atomic mass is 16.6. The number of carbonyl (C=O) groups excluding carboxylic acids is 1. The minimum absolute atomic E-state index is 0.0215. The van der Waals surface area contributed by atoms with Gasteiger partial charge in [0.25, 0.3) is 5.91 Å². The smallest absolute Gasteiger partial charge is 0.312 e. The molecule has 2 heterocycles. The van der Waals surface area contributed by atoms with Crippen LogP contribution < -0.4 is 5.32 Å². The lowest BCUT2D eigenvalue weighted by molar-refractivity contribution is -0.386. The maximum Gasteiger partial charge on any atom is 0.312 e. The molecule has 1 aromatic carbocycles. The van der Waals surface area contributed by atoms with Crippen molar-refractivity contribution in [3.8, 4) is 0 Å². The van der Waals surface area contributed by atoms with E-state index in [1.165, 1.54) is 0 Å². The Morgan fingerprint density at radius 2 is 1.90 bits per heavy atom. The molecule has 0 spiro atoms. The van der Waals surface area contributed by atoms with Gasteiger partial charge in [0.05, 0.1) is 23.7 Å². The number of aryl methyl sites for hydroxylation is 3. The zero-order chi connectivity index (χ0) is 21.1. The molecule has 1 amide bonds. The van der Waals surface area contributed by atoms with E-state index in [2.05, 4.69) is 15.5 Å². The van der Waals surface area contributed by atoms with E-state index in [1.54, 1.807) is 24.6 Å². The normalized spacial score (nSPS) is 10.9. The molecule has 0 bridgehead atoms. The number of nitrogens with zero attached hydrogens (tertiary/aromatic N) is 5. The Labute approximate surface area is 168 Å². The summed E-state index contributed by atoms with van der Waals surface area (Å²) in [7, 11) is 0. The highest BCUT2D eigenvalue weighted by Crippen LogP contribution is 2.21. The quantitative estimate of drug-likeness (QED) is 0.488. The van der Waals surface area contributed by atoms with E-state index >= 15 is 0 Å². The molecule has 29 heavy (non-hydrogen) atoms. The Kier molecular flexibility index (Phi) is 5.76. The molecule has 0 unspecified atom stereocenters. The SMILES string of the molecule is Cc1cc(C)n(Cc2cccc(C(=O)NCCn3nc(C)c([N+](=O)[O-])c3C)c2)n1. The van der Waals surface area contributed by atoms with E-state index in [1.807, 2.05) is 42.8 Å². The highest BCUT2D eigenvalue weighted by molar-refractivity contribution is 5.94. The molecule has 0 atom stereocenters. The molecule has 2 aromatic heterocycles. The van der Waals surface area contributed by atoms with Gasteiger partial charge in [-0.2, -0.15) is 10.2 Å². The average Bonchev–Trinajstić information content (AvgIpc) is 3.12. The molecule has 0 saturated carbocycles. The van der Waals surface area contributed by atoms with Gasteiger partial charge in [-0.15, -0.1) is 0 Å². The van der Waals surface area contributed by atoms with Gasteiger partial charge in [0.15, 0.2) is 0 Å². The molecule has 0 aliphatic rings. The molecule has 0 radical (unpaired) electrons. The first-order valence-corrected chi connectivity index (χ1v) is 9.33. The first-order valence-electron chi connectivity index (χ1n) is 9.33. The lowest BCUT2D eigenvalue weighted by Crippen LogP contribution is -2.28. The van der Waals surface area contributed by atoms with Crippen molar-refractivity contribution in [2.45, 2.75) is 40.8 Å². The first kappa shape index (κ1) is 20.2. The maximum absolute atomic E-state index is 12.5. The van der Waals surface area contributed by atoms with E-state index < -0.39 is 4.92 Å². The van der Waals surface area contributed by atoms with Crippen LogP contribution in [0.25, 0.3) is 0 Å². The maximum atomic E-state index is 12.5. The summed E-state index contributed by atoms with van der Waals surface area (Å²) in [6, 6.07) is 9.43. The third kappa shape index (κ3) is 4.50. The van der Waals surface area contributed by atoms with Crippen molar-refractivity contribution in [2.24, 2.45) is 0 Å². The Morgan fingerprint density at radius 3 is 2.52 bits per heavy atom. The van der Waals surface area contributed by atoms with Gasteiger partial charge >= 0.3 is 5.69 Å². The van der Waals surface area contributed by atoms with Crippen LogP contribution in [-0.4, -0.2) is 36.9 Å². The van der Waals surface area contributed by atoms with Crippen molar-refractivity contribution < 1.29 is 9.72 Å². The Morgan fingerprint density at radius 1 is 1.14 bits per heavy atom. The van der Waals surface area contributed by atoms with E-state index in [-0.39, 0.29) is 11.6 Å². The number of nitrogens with one attached hydrogen (secondary N) is 1. The predicted octanol–water partition coefficient (Wildman–Crippen LogP) is 2.70. The summed E-state index contributed by atoms with van der Waals surface area (Å²) in [6.45, 7) is 8.48. The van der Waals surface area contributed by atoms with Gasteiger partial charge in [-0.3, -0.25) is 24.3 Å². The highest BCUT2D eigenvalue weighted by Gasteiger charge is 2.21. The molecule has 9 heteroatoms.